The molecule has 1 aliphatic rings. The molecule has 0 saturated carbocycles. The average molecular weight is 481 g/mol. The summed E-state index contributed by atoms with van der Waals surface area (Å²) in [6, 6.07) is 9.65. The molecule has 0 aromatic heterocycles. The highest BCUT2D eigenvalue weighted by atomic mass is 28.4. The highest BCUT2D eigenvalue weighted by Gasteiger charge is 2.53. The van der Waals surface area contributed by atoms with Gasteiger partial charge in [-0.1, -0.05) is 57.2 Å². The van der Waals surface area contributed by atoms with Crippen LogP contribution in [-0.2, 0) is 34.8 Å². The minimum absolute atomic E-state index is 0.124. The summed E-state index contributed by atoms with van der Waals surface area (Å²) >= 11 is 0. The number of rotatable bonds is 11. The van der Waals surface area contributed by atoms with E-state index in [9.17, 15) is 9.90 Å². The maximum atomic E-state index is 12.7. The van der Waals surface area contributed by atoms with Crippen molar-refractivity contribution in [1.29, 1.82) is 0 Å². The van der Waals surface area contributed by atoms with Gasteiger partial charge in [-0.3, -0.25) is 0 Å². The fraction of sp³-hybridized carbons (Fsp3) is 0.640. The summed E-state index contributed by atoms with van der Waals surface area (Å²) in [5.41, 5.74) is 0.945. The Morgan fingerprint density at radius 1 is 1.18 bits per heavy atom. The normalized spacial score (nSPS) is 26.1. The standard InChI is InChI=1S/C25H40O7Si/c1-8-9-13-16-29-24-19(26)20(30-17-18-14-11-10-12-15-18)21(22(31-24)23(27)28-5)32-33(6,7)25(2,3)4/h8,10-12,14-15,19-22,24,26H,1,9,13,16-17H2,2-7H3/t19-,20-,21+,22+,24-/m1/s1. The lowest BCUT2D eigenvalue weighted by atomic mass is 9.98. The molecule has 0 amide bonds. The lowest BCUT2D eigenvalue weighted by Gasteiger charge is -2.47. The number of esters is 1. The van der Waals surface area contributed by atoms with Crippen molar-refractivity contribution in [2.24, 2.45) is 0 Å². The largest absolute Gasteiger partial charge is 0.467 e. The number of hydrogen-bond donors (Lipinski definition) is 1. The van der Waals surface area contributed by atoms with E-state index in [1.165, 1.54) is 7.11 Å². The second-order valence-corrected chi connectivity index (χ2v) is 14.6. The molecular weight excluding hydrogens is 440 g/mol. The van der Waals surface area contributed by atoms with Gasteiger partial charge in [-0.15, -0.1) is 6.58 Å². The summed E-state index contributed by atoms with van der Waals surface area (Å²) in [4.78, 5) is 12.7. The first kappa shape index (κ1) is 27.7. The molecule has 1 aromatic rings. The van der Waals surface area contributed by atoms with E-state index in [4.69, 9.17) is 23.4 Å². The zero-order valence-corrected chi connectivity index (χ0v) is 21.8. The third-order valence-electron chi connectivity index (χ3n) is 6.31. The van der Waals surface area contributed by atoms with Crippen LogP contribution in [0, 0.1) is 0 Å². The van der Waals surface area contributed by atoms with E-state index in [1.807, 2.05) is 30.3 Å². The SMILES string of the molecule is C=CCCCO[C@@H]1O[C@H](C(=O)OC)[C@@H](O[Si](C)(C)C(C)(C)C)[C@H](OCc2ccccc2)[C@H]1O. The van der Waals surface area contributed by atoms with E-state index < -0.39 is 45.0 Å². The van der Waals surface area contributed by atoms with E-state index >= 15 is 0 Å². The molecule has 1 saturated heterocycles. The minimum Gasteiger partial charge on any atom is -0.467 e. The van der Waals surface area contributed by atoms with Crippen molar-refractivity contribution in [3.8, 4) is 0 Å². The summed E-state index contributed by atoms with van der Waals surface area (Å²) in [7, 11) is -1.06. The molecule has 7 nitrogen and oxygen atoms in total. The van der Waals surface area contributed by atoms with Crippen molar-refractivity contribution < 1.29 is 33.3 Å². The minimum atomic E-state index is -2.36. The van der Waals surface area contributed by atoms with Gasteiger partial charge in [-0.05, 0) is 36.5 Å². The quantitative estimate of drug-likeness (QED) is 0.220. The van der Waals surface area contributed by atoms with Crippen molar-refractivity contribution in [1.82, 2.24) is 0 Å². The zero-order valence-electron chi connectivity index (χ0n) is 20.8. The van der Waals surface area contributed by atoms with Crippen LogP contribution in [0.25, 0.3) is 0 Å². The topological polar surface area (TPSA) is 83.5 Å². The van der Waals surface area contributed by atoms with E-state index in [-0.39, 0.29) is 11.6 Å². The summed E-state index contributed by atoms with van der Waals surface area (Å²) in [6.45, 7) is 14.8. The van der Waals surface area contributed by atoms with Crippen LogP contribution < -0.4 is 0 Å². The summed E-state index contributed by atoms with van der Waals surface area (Å²) < 4.78 is 29.6. The maximum Gasteiger partial charge on any atom is 0.337 e. The number of aliphatic hydroxyl groups is 1. The van der Waals surface area contributed by atoms with Gasteiger partial charge in [0.15, 0.2) is 20.7 Å². The number of methoxy groups -OCH3 is 1. The number of allylic oxidation sites excluding steroid dienone is 1. The van der Waals surface area contributed by atoms with Gasteiger partial charge in [-0.2, -0.15) is 0 Å². The summed E-state index contributed by atoms with van der Waals surface area (Å²) in [5.74, 6) is -0.585. The summed E-state index contributed by atoms with van der Waals surface area (Å²) in [6.07, 6.45) is -1.67. The third-order valence-corrected chi connectivity index (χ3v) is 10.8. The van der Waals surface area contributed by atoms with E-state index in [0.29, 0.717) is 6.61 Å². The van der Waals surface area contributed by atoms with Crippen LogP contribution in [0.3, 0.4) is 0 Å². The van der Waals surface area contributed by atoms with Gasteiger partial charge >= 0.3 is 5.97 Å². The van der Waals surface area contributed by atoms with Gasteiger partial charge < -0.3 is 28.5 Å². The van der Waals surface area contributed by atoms with Gasteiger partial charge in [0.25, 0.3) is 0 Å². The van der Waals surface area contributed by atoms with Crippen LogP contribution in [0.4, 0.5) is 0 Å². The van der Waals surface area contributed by atoms with Gasteiger partial charge in [-0.25, -0.2) is 4.79 Å². The molecule has 0 radical (unpaired) electrons. The molecule has 2 rings (SSSR count). The van der Waals surface area contributed by atoms with Gasteiger partial charge in [0.2, 0.25) is 0 Å². The van der Waals surface area contributed by atoms with Crippen LogP contribution in [0.1, 0.15) is 39.2 Å². The van der Waals surface area contributed by atoms with E-state index in [0.717, 1.165) is 18.4 Å². The Hall–Kier alpha value is -1.55. The van der Waals surface area contributed by atoms with Gasteiger partial charge in [0.05, 0.1) is 20.3 Å². The van der Waals surface area contributed by atoms with Crippen LogP contribution in [-0.4, -0.2) is 63.8 Å². The molecule has 1 aliphatic heterocycles. The van der Waals surface area contributed by atoms with E-state index in [2.05, 4.69) is 40.4 Å². The lowest BCUT2D eigenvalue weighted by Crippen LogP contribution is -2.64. The second kappa shape index (κ2) is 12.2. The Bertz CT molecular complexity index is 747. The van der Waals surface area contributed by atoms with Gasteiger partial charge in [0.1, 0.15) is 18.3 Å². The molecule has 1 N–H and O–H groups in total. The highest BCUT2D eigenvalue weighted by Crippen LogP contribution is 2.40. The monoisotopic (exact) mass is 480 g/mol. The van der Waals surface area contributed by atoms with Gasteiger partial charge in [0, 0.05) is 0 Å². The number of unbranched alkanes of at least 4 members (excludes halogenated alkanes) is 1. The molecule has 1 fully saturated rings. The van der Waals surface area contributed by atoms with Crippen molar-refractivity contribution in [2.45, 2.75) is 89.1 Å². The number of carbonyl (C=O) groups is 1. The number of benzene rings is 1. The Morgan fingerprint density at radius 3 is 2.42 bits per heavy atom. The molecule has 186 valence electrons. The molecule has 0 bridgehead atoms. The van der Waals surface area contributed by atoms with Crippen LogP contribution in [0.15, 0.2) is 43.0 Å². The Morgan fingerprint density at radius 2 is 1.85 bits per heavy atom. The first-order chi connectivity index (χ1) is 15.5. The number of aliphatic hydroxyl groups excluding tert-OH is 1. The number of hydrogen-bond acceptors (Lipinski definition) is 7. The Balaban J connectivity index is 2.33. The number of carbonyl (C=O) groups excluding carboxylic acids is 1. The van der Waals surface area contributed by atoms with Crippen LogP contribution >= 0.6 is 0 Å². The fourth-order valence-electron chi connectivity index (χ4n) is 3.30. The predicted octanol–water partition coefficient (Wildman–Crippen LogP) is 4.20. The maximum absolute atomic E-state index is 12.7. The van der Waals surface area contributed by atoms with Crippen molar-refractivity contribution >= 4 is 14.3 Å². The molecule has 33 heavy (non-hydrogen) atoms. The molecule has 0 spiro atoms. The predicted molar refractivity (Wildman–Crippen MR) is 129 cm³/mol. The molecule has 0 unspecified atom stereocenters. The second-order valence-electron chi connectivity index (χ2n) is 9.84. The van der Waals surface area contributed by atoms with Crippen LogP contribution in [0.2, 0.25) is 18.1 Å². The first-order valence-electron chi connectivity index (χ1n) is 11.5. The Kier molecular flexibility index (Phi) is 10.3. The van der Waals surface area contributed by atoms with Crippen LogP contribution in [0.5, 0.6) is 0 Å². The van der Waals surface area contributed by atoms with Crippen molar-refractivity contribution in [3.05, 3.63) is 48.6 Å². The van der Waals surface area contributed by atoms with E-state index in [1.54, 1.807) is 6.08 Å². The molecule has 5 atom stereocenters. The highest BCUT2D eigenvalue weighted by molar-refractivity contribution is 6.74. The lowest BCUT2D eigenvalue weighted by molar-refractivity contribution is -0.300. The third kappa shape index (κ3) is 7.47. The molecule has 1 aromatic carbocycles. The smallest absolute Gasteiger partial charge is 0.337 e. The molecule has 0 aliphatic carbocycles. The summed E-state index contributed by atoms with van der Waals surface area (Å²) in [5, 5.41) is 11.1. The average Bonchev–Trinajstić information content (AvgIpc) is 2.76. The molecule has 8 heteroatoms. The molecule has 1 heterocycles. The Labute approximate surface area is 199 Å². The fourth-order valence-corrected chi connectivity index (χ4v) is 4.59. The van der Waals surface area contributed by atoms with Crippen molar-refractivity contribution in [3.63, 3.8) is 0 Å². The first-order valence-corrected chi connectivity index (χ1v) is 14.4. The molecular formula is C25H40O7Si. The number of ether oxygens (including phenoxy) is 4. The van der Waals surface area contributed by atoms with Crippen molar-refractivity contribution in [2.75, 3.05) is 13.7 Å². The zero-order chi connectivity index (χ0) is 24.6.